The van der Waals surface area contributed by atoms with Crippen LogP contribution in [0.3, 0.4) is 0 Å². The lowest BCUT2D eigenvalue weighted by molar-refractivity contribution is -0.132. The molecule has 16 nitrogen and oxygen atoms in total. The quantitative estimate of drug-likeness (QED) is 0.0782. The summed E-state index contributed by atoms with van der Waals surface area (Å²) in [5, 5.41) is 40.3. The molecule has 43 heavy (non-hydrogen) atoms. The van der Waals surface area contributed by atoms with Gasteiger partial charge in [0.15, 0.2) is 5.78 Å². The summed E-state index contributed by atoms with van der Waals surface area (Å²) < 4.78 is 0. The van der Waals surface area contributed by atoms with Gasteiger partial charge in [0.2, 0.25) is 29.5 Å². The Balaban J connectivity index is 1.28. The summed E-state index contributed by atoms with van der Waals surface area (Å²) in [6.07, 6.45) is 1.34. The van der Waals surface area contributed by atoms with E-state index in [1.165, 1.54) is 0 Å². The number of aliphatic hydroxyl groups excluding tert-OH is 2. The number of benzene rings is 1. The highest BCUT2D eigenvalue weighted by atomic mass is 16.3. The first kappa shape index (κ1) is 33.4. The standard InChI is InChI=1S/C27H40N8O8/c36-14-21(34-26(42)19-6-10-28-19)24(40)30-9-5-18(38)13-32-16-1-3-17(4-2-16)33-23(39)8-12-31-25(41)22(15-37)35-27(43)20-7-11-29-20/h1-4,19-22,28-29,32,36-37H,5-15H2,(H,30,40)(H,31,41)(H,33,39)(H,34,42)(H,35,43)/t19-,20?,21+,22+/m1/s1. The number of hydrogen-bond acceptors (Lipinski definition) is 11. The molecule has 2 fully saturated rings. The molecule has 1 aromatic carbocycles. The van der Waals surface area contributed by atoms with Crippen LogP contribution in [-0.2, 0) is 28.8 Å². The zero-order valence-corrected chi connectivity index (χ0v) is 23.7. The van der Waals surface area contributed by atoms with Crippen LogP contribution >= 0.6 is 0 Å². The van der Waals surface area contributed by atoms with Crippen molar-refractivity contribution in [2.24, 2.45) is 0 Å². The molecule has 2 aliphatic heterocycles. The maximum absolute atomic E-state index is 12.2. The van der Waals surface area contributed by atoms with Gasteiger partial charge in [-0.25, -0.2) is 0 Å². The molecule has 0 spiro atoms. The number of carbonyl (C=O) groups excluding carboxylic acids is 6. The van der Waals surface area contributed by atoms with Crippen molar-refractivity contribution in [3.05, 3.63) is 24.3 Å². The van der Waals surface area contributed by atoms with Crippen molar-refractivity contribution in [2.75, 3.05) is 56.6 Å². The van der Waals surface area contributed by atoms with Crippen LogP contribution in [0.25, 0.3) is 0 Å². The first-order chi connectivity index (χ1) is 20.7. The van der Waals surface area contributed by atoms with E-state index in [0.29, 0.717) is 24.2 Å². The highest BCUT2D eigenvalue weighted by molar-refractivity contribution is 5.93. The van der Waals surface area contributed by atoms with E-state index in [0.717, 1.165) is 13.1 Å². The summed E-state index contributed by atoms with van der Waals surface area (Å²) in [6.45, 7) is 0.382. The monoisotopic (exact) mass is 604 g/mol. The number of hydrogen-bond donors (Lipinski definition) is 10. The van der Waals surface area contributed by atoms with Crippen LogP contribution in [0, 0.1) is 0 Å². The number of aliphatic hydroxyl groups is 2. The fraction of sp³-hybridized carbons (Fsp3) is 0.556. The number of anilines is 2. The Labute approximate surface area is 248 Å². The minimum Gasteiger partial charge on any atom is -0.394 e. The maximum Gasteiger partial charge on any atom is 0.244 e. The number of nitrogens with one attached hydrogen (secondary N) is 8. The topological polar surface area (TPSA) is 239 Å². The van der Waals surface area contributed by atoms with Crippen LogP contribution in [0.15, 0.2) is 24.3 Å². The zero-order valence-electron chi connectivity index (χ0n) is 23.7. The predicted molar refractivity (Wildman–Crippen MR) is 155 cm³/mol. The van der Waals surface area contributed by atoms with Crippen molar-refractivity contribution in [3.63, 3.8) is 0 Å². The number of ketones is 1. The predicted octanol–water partition coefficient (Wildman–Crippen LogP) is -3.70. The molecule has 3 rings (SSSR count). The zero-order chi connectivity index (χ0) is 31.2. The molecule has 16 heteroatoms. The van der Waals surface area contributed by atoms with Gasteiger partial charge in [0.05, 0.1) is 31.8 Å². The lowest BCUT2D eigenvalue weighted by atomic mass is 10.1. The molecular weight excluding hydrogens is 564 g/mol. The van der Waals surface area contributed by atoms with Gasteiger partial charge in [0.25, 0.3) is 0 Å². The van der Waals surface area contributed by atoms with Gasteiger partial charge in [0.1, 0.15) is 12.1 Å². The first-order valence-corrected chi connectivity index (χ1v) is 14.2. The SMILES string of the molecule is O=C(CCNC(=O)[C@H](CO)NC(=O)[C@H]1CCN1)CNc1ccc(NC(=O)CCNC(=O)[C@H](CO)NC(=O)C2CCN2)cc1. The molecule has 4 atom stereocenters. The van der Waals surface area contributed by atoms with E-state index in [-0.39, 0.29) is 68.1 Å². The van der Waals surface area contributed by atoms with Gasteiger partial charge in [-0.2, -0.15) is 0 Å². The molecule has 5 amide bonds. The molecule has 2 saturated heterocycles. The molecule has 0 saturated carbocycles. The van der Waals surface area contributed by atoms with Crippen molar-refractivity contribution in [2.45, 2.75) is 49.9 Å². The molecule has 0 radical (unpaired) electrons. The Morgan fingerprint density at radius 2 is 1.21 bits per heavy atom. The van der Waals surface area contributed by atoms with E-state index in [1.54, 1.807) is 24.3 Å². The van der Waals surface area contributed by atoms with E-state index < -0.39 is 37.1 Å². The summed E-state index contributed by atoms with van der Waals surface area (Å²) in [6, 6.07) is 3.70. The van der Waals surface area contributed by atoms with E-state index in [4.69, 9.17) is 0 Å². The van der Waals surface area contributed by atoms with Crippen LogP contribution in [0.1, 0.15) is 25.7 Å². The third kappa shape index (κ3) is 10.9. The third-order valence-electron chi connectivity index (χ3n) is 6.92. The van der Waals surface area contributed by atoms with Crippen molar-refractivity contribution in [1.82, 2.24) is 31.9 Å². The van der Waals surface area contributed by atoms with Gasteiger partial charge in [-0.15, -0.1) is 0 Å². The van der Waals surface area contributed by atoms with Crippen molar-refractivity contribution in [1.29, 1.82) is 0 Å². The van der Waals surface area contributed by atoms with Gasteiger partial charge in [-0.3, -0.25) is 28.8 Å². The van der Waals surface area contributed by atoms with Gasteiger partial charge < -0.3 is 52.7 Å². The maximum atomic E-state index is 12.2. The number of rotatable bonds is 18. The molecule has 1 unspecified atom stereocenters. The van der Waals surface area contributed by atoms with Gasteiger partial charge in [0, 0.05) is 37.3 Å². The second kappa shape index (κ2) is 17.1. The Bertz CT molecular complexity index is 1140. The average molecular weight is 605 g/mol. The van der Waals surface area contributed by atoms with E-state index in [9.17, 15) is 39.0 Å². The highest BCUT2D eigenvalue weighted by Gasteiger charge is 2.29. The summed E-state index contributed by atoms with van der Waals surface area (Å²) in [5.41, 5.74) is 1.13. The summed E-state index contributed by atoms with van der Waals surface area (Å²) in [5.74, 6) is -2.41. The Morgan fingerprint density at radius 3 is 1.65 bits per heavy atom. The van der Waals surface area contributed by atoms with Crippen LogP contribution in [0.4, 0.5) is 11.4 Å². The molecule has 2 heterocycles. The molecule has 1 aromatic rings. The van der Waals surface area contributed by atoms with E-state index >= 15 is 0 Å². The van der Waals surface area contributed by atoms with E-state index in [2.05, 4.69) is 42.5 Å². The van der Waals surface area contributed by atoms with Crippen molar-refractivity contribution >= 4 is 46.7 Å². The summed E-state index contributed by atoms with van der Waals surface area (Å²) in [4.78, 5) is 72.7. The number of amides is 5. The number of carbonyl (C=O) groups is 6. The highest BCUT2D eigenvalue weighted by Crippen LogP contribution is 2.13. The summed E-state index contributed by atoms with van der Waals surface area (Å²) in [7, 11) is 0. The molecule has 0 aromatic heterocycles. The Morgan fingerprint density at radius 1 is 0.744 bits per heavy atom. The molecule has 236 valence electrons. The van der Waals surface area contributed by atoms with Crippen LogP contribution in [-0.4, -0.2) is 116 Å². The number of Topliss-reactive ketones (excluding diaryl/α,β-unsaturated/α-hetero) is 1. The minimum absolute atomic E-state index is 0.00123. The van der Waals surface area contributed by atoms with Gasteiger partial charge in [-0.1, -0.05) is 0 Å². The normalized spacial score (nSPS) is 18.5. The summed E-state index contributed by atoms with van der Waals surface area (Å²) >= 11 is 0. The smallest absolute Gasteiger partial charge is 0.244 e. The van der Waals surface area contributed by atoms with Crippen LogP contribution in [0.2, 0.25) is 0 Å². The molecule has 10 N–H and O–H groups in total. The van der Waals surface area contributed by atoms with Crippen LogP contribution in [0.5, 0.6) is 0 Å². The fourth-order valence-electron chi connectivity index (χ4n) is 4.01. The largest absolute Gasteiger partial charge is 0.394 e. The van der Waals surface area contributed by atoms with Crippen molar-refractivity contribution < 1.29 is 39.0 Å². The lowest BCUT2D eigenvalue weighted by Crippen LogP contribution is -2.58. The van der Waals surface area contributed by atoms with Crippen molar-refractivity contribution in [3.8, 4) is 0 Å². The second-order valence-electron chi connectivity index (χ2n) is 10.2. The Hall–Kier alpha value is -4.12. The molecule has 2 aliphatic rings. The second-order valence-corrected chi connectivity index (χ2v) is 10.2. The third-order valence-corrected chi connectivity index (χ3v) is 6.92. The Kier molecular flexibility index (Phi) is 13.3. The fourth-order valence-corrected chi connectivity index (χ4v) is 4.01. The molecule has 0 bridgehead atoms. The lowest BCUT2D eigenvalue weighted by Gasteiger charge is -2.28. The molecule has 0 aliphatic carbocycles. The minimum atomic E-state index is -1.10. The molecular formula is C27H40N8O8. The van der Waals surface area contributed by atoms with Crippen LogP contribution < -0.4 is 42.5 Å². The first-order valence-electron chi connectivity index (χ1n) is 14.2. The van der Waals surface area contributed by atoms with E-state index in [1.807, 2.05) is 0 Å². The van der Waals surface area contributed by atoms with Gasteiger partial charge in [-0.05, 0) is 50.2 Å². The average Bonchev–Trinajstić information content (AvgIpc) is 2.92. The van der Waals surface area contributed by atoms with Gasteiger partial charge >= 0.3 is 0 Å².